The third-order valence-corrected chi connectivity index (χ3v) is 3.76. The van der Waals surface area contributed by atoms with E-state index in [0.29, 0.717) is 5.56 Å². The van der Waals surface area contributed by atoms with E-state index in [1.165, 1.54) is 24.3 Å². The Hall–Kier alpha value is -1.000. The van der Waals surface area contributed by atoms with Crippen LogP contribution in [-0.4, -0.2) is 16.1 Å². The normalized spacial score (nSPS) is 10.5. The summed E-state index contributed by atoms with van der Waals surface area (Å²) in [4.78, 5) is 15.2. The van der Waals surface area contributed by atoms with Gasteiger partial charge in [0, 0.05) is 5.56 Å². The number of carbonyl (C=O) groups is 1. The van der Waals surface area contributed by atoms with E-state index >= 15 is 0 Å². The molecule has 0 aliphatic carbocycles. The fourth-order valence-corrected chi connectivity index (χ4v) is 2.26. The third kappa shape index (κ3) is 2.95. The van der Waals surface area contributed by atoms with E-state index in [1.807, 2.05) is 0 Å². The first-order valence-corrected chi connectivity index (χ1v) is 6.46. The number of carboxylic acid groups (broad SMARTS) is 1. The maximum atomic E-state index is 11.2. The van der Waals surface area contributed by atoms with Crippen molar-refractivity contribution in [2.45, 2.75) is 0 Å². The van der Waals surface area contributed by atoms with E-state index in [-0.39, 0.29) is 31.5 Å². The predicted molar refractivity (Wildman–Crippen MR) is 76.7 cm³/mol. The van der Waals surface area contributed by atoms with E-state index in [4.69, 9.17) is 51.5 Å². The first kappa shape index (κ1) is 14.4. The van der Waals surface area contributed by atoms with Gasteiger partial charge in [0.15, 0.2) is 0 Å². The molecule has 1 aromatic carbocycles. The Labute approximate surface area is 128 Å². The molecule has 0 amide bonds. The summed E-state index contributed by atoms with van der Waals surface area (Å²) in [5.74, 6) is -1.12. The van der Waals surface area contributed by atoms with Gasteiger partial charge in [0.1, 0.15) is 5.15 Å². The number of hydrogen-bond donors (Lipinski definition) is 1. The zero-order chi connectivity index (χ0) is 14.2. The van der Waals surface area contributed by atoms with Gasteiger partial charge in [0.05, 0.1) is 26.3 Å². The Kier molecular flexibility index (Phi) is 4.21. The molecule has 0 aliphatic heterocycles. The highest BCUT2D eigenvalue weighted by molar-refractivity contribution is 6.48. The Bertz CT molecular complexity index is 650. The number of nitrogens with zero attached hydrogens (tertiary/aromatic N) is 1. The minimum Gasteiger partial charge on any atom is -0.478 e. The summed E-state index contributed by atoms with van der Waals surface area (Å²) in [6.07, 6.45) is 0. The van der Waals surface area contributed by atoms with Crippen molar-refractivity contribution >= 4 is 52.4 Å². The average Bonchev–Trinajstić information content (AvgIpc) is 2.34. The molecule has 0 fully saturated rings. The molecule has 2 aromatic rings. The summed E-state index contributed by atoms with van der Waals surface area (Å²) in [5.41, 5.74) is 0.610. The van der Waals surface area contributed by atoms with Crippen LogP contribution < -0.4 is 0 Å². The second-order valence-corrected chi connectivity index (χ2v) is 5.17. The lowest BCUT2D eigenvalue weighted by Gasteiger charge is -2.08. The van der Waals surface area contributed by atoms with E-state index in [1.54, 1.807) is 0 Å². The minimum atomic E-state index is -1.12. The van der Waals surface area contributed by atoms with E-state index < -0.39 is 5.97 Å². The van der Waals surface area contributed by atoms with Crippen LogP contribution >= 0.6 is 46.4 Å². The molecule has 0 aliphatic rings. The molecule has 1 heterocycles. The molecule has 1 aromatic heterocycles. The average molecular weight is 337 g/mol. The lowest BCUT2D eigenvalue weighted by atomic mass is 10.1. The van der Waals surface area contributed by atoms with Gasteiger partial charge in [-0.25, -0.2) is 9.78 Å². The molecule has 7 heteroatoms. The molecule has 0 bridgehead atoms. The Balaban J connectivity index is 2.71. The number of pyridine rings is 1. The molecule has 98 valence electrons. The van der Waals surface area contributed by atoms with Crippen LogP contribution in [0.1, 0.15) is 10.4 Å². The van der Waals surface area contributed by atoms with Crippen LogP contribution in [0.3, 0.4) is 0 Å². The number of benzene rings is 1. The highest BCUT2D eigenvalue weighted by Crippen LogP contribution is 2.35. The highest BCUT2D eigenvalue weighted by atomic mass is 35.5. The molecule has 0 radical (unpaired) electrons. The van der Waals surface area contributed by atoms with Crippen LogP contribution in [0.2, 0.25) is 20.2 Å². The first-order valence-electron chi connectivity index (χ1n) is 4.95. The molecule has 0 atom stereocenters. The molecule has 19 heavy (non-hydrogen) atoms. The fraction of sp³-hybridized carbons (Fsp3) is 0. The van der Waals surface area contributed by atoms with Gasteiger partial charge in [-0.1, -0.05) is 46.4 Å². The summed E-state index contributed by atoms with van der Waals surface area (Å²) in [6.45, 7) is 0. The third-order valence-electron chi connectivity index (χ3n) is 2.35. The van der Waals surface area contributed by atoms with Gasteiger partial charge < -0.3 is 5.11 Å². The van der Waals surface area contributed by atoms with Gasteiger partial charge >= 0.3 is 5.97 Å². The number of aromatic nitrogens is 1. The predicted octanol–water partition coefficient (Wildman–Crippen LogP) is 5.06. The van der Waals surface area contributed by atoms with Crippen LogP contribution in [0.15, 0.2) is 24.3 Å². The number of carboxylic acids is 1. The molecule has 2 rings (SSSR count). The maximum Gasteiger partial charge on any atom is 0.337 e. The SMILES string of the molecule is O=C(O)c1ccc(Cl)nc1-c1cc(Cl)c(Cl)c(Cl)c1. The van der Waals surface area contributed by atoms with Crippen molar-refractivity contribution in [3.63, 3.8) is 0 Å². The van der Waals surface area contributed by atoms with E-state index in [2.05, 4.69) is 4.98 Å². The van der Waals surface area contributed by atoms with Crippen molar-refractivity contribution in [3.05, 3.63) is 50.0 Å². The summed E-state index contributed by atoms with van der Waals surface area (Å²) >= 11 is 23.5. The Morgan fingerprint density at radius 1 is 1.05 bits per heavy atom. The van der Waals surface area contributed by atoms with Gasteiger partial charge in [-0.3, -0.25) is 0 Å². The monoisotopic (exact) mass is 335 g/mol. The van der Waals surface area contributed by atoms with E-state index in [0.717, 1.165) is 0 Å². The molecule has 3 nitrogen and oxygen atoms in total. The standard InChI is InChI=1S/C12H5Cl4NO2/c13-7-3-5(4-8(14)10(7)16)11-6(12(18)19)1-2-9(15)17-11/h1-4H,(H,18,19). The first-order chi connectivity index (χ1) is 8.90. The van der Waals surface area contributed by atoms with Crippen molar-refractivity contribution < 1.29 is 9.90 Å². The molecule has 0 unspecified atom stereocenters. The number of hydrogen-bond acceptors (Lipinski definition) is 2. The summed E-state index contributed by atoms with van der Waals surface area (Å²) < 4.78 is 0. The number of rotatable bonds is 2. The summed E-state index contributed by atoms with van der Waals surface area (Å²) in [7, 11) is 0. The van der Waals surface area contributed by atoms with Gasteiger partial charge in [-0.2, -0.15) is 0 Å². The second-order valence-electron chi connectivity index (χ2n) is 3.59. The largest absolute Gasteiger partial charge is 0.478 e. The molecule has 1 N–H and O–H groups in total. The zero-order valence-electron chi connectivity index (χ0n) is 9.12. The van der Waals surface area contributed by atoms with Crippen LogP contribution in [0.4, 0.5) is 0 Å². The van der Waals surface area contributed by atoms with Crippen molar-refractivity contribution in [1.29, 1.82) is 0 Å². The fourth-order valence-electron chi connectivity index (χ4n) is 1.52. The lowest BCUT2D eigenvalue weighted by Crippen LogP contribution is -2.01. The summed E-state index contributed by atoms with van der Waals surface area (Å²) in [5, 5.41) is 9.93. The topological polar surface area (TPSA) is 50.2 Å². The van der Waals surface area contributed by atoms with Crippen LogP contribution in [0.5, 0.6) is 0 Å². The number of halogens is 4. The van der Waals surface area contributed by atoms with Crippen molar-refractivity contribution in [2.24, 2.45) is 0 Å². The summed E-state index contributed by atoms with van der Waals surface area (Å²) in [6, 6.07) is 5.73. The molecular formula is C12H5Cl4NO2. The Morgan fingerprint density at radius 3 is 2.16 bits per heavy atom. The molecule has 0 spiro atoms. The number of aromatic carboxylic acids is 1. The minimum absolute atomic E-state index is 0.00106. The van der Waals surface area contributed by atoms with Crippen LogP contribution in [0.25, 0.3) is 11.3 Å². The van der Waals surface area contributed by atoms with Gasteiger partial charge in [-0.15, -0.1) is 0 Å². The smallest absolute Gasteiger partial charge is 0.337 e. The van der Waals surface area contributed by atoms with Gasteiger partial charge in [-0.05, 0) is 24.3 Å². The van der Waals surface area contributed by atoms with Gasteiger partial charge in [0.2, 0.25) is 0 Å². The second kappa shape index (κ2) is 5.55. The lowest BCUT2D eigenvalue weighted by molar-refractivity contribution is 0.0697. The zero-order valence-corrected chi connectivity index (χ0v) is 12.1. The Morgan fingerprint density at radius 2 is 1.63 bits per heavy atom. The molecular weight excluding hydrogens is 332 g/mol. The van der Waals surface area contributed by atoms with Crippen LogP contribution in [0, 0.1) is 0 Å². The molecule has 0 saturated carbocycles. The van der Waals surface area contributed by atoms with Crippen molar-refractivity contribution in [1.82, 2.24) is 4.98 Å². The van der Waals surface area contributed by atoms with Crippen molar-refractivity contribution in [3.8, 4) is 11.3 Å². The maximum absolute atomic E-state index is 11.2. The van der Waals surface area contributed by atoms with E-state index in [9.17, 15) is 4.79 Å². The quantitative estimate of drug-likeness (QED) is 0.616. The molecule has 0 saturated heterocycles. The highest BCUT2D eigenvalue weighted by Gasteiger charge is 2.16. The van der Waals surface area contributed by atoms with Gasteiger partial charge in [0.25, 0.3) is 0 Å². The van der Waals surface area contributed by atoms with Crippen LogP contribution in [-0.2, 0) is 0 Å². The van der Waals surface area contributed by atoms with Crippen molar-refractivity contribution in [2.75, 3.05) is 0 Å².